The fourth-order valence-corrected chi connectivity index (χ4v) is 3.52. The van der Waals surface area contributed by atoms with Crippen LogP contribution in [-0.2, 0) is 20.6 Å². The lowest BCUT2D eigenvalue weighted by Gasteiger charge is -1.99. The number of carboxylic acids is 1. The Hall–Kier alpha value is -1.15. The van der Waals surface area contributed by atoms with E-state index in [9.17, 15) is 17.4 Å². The third kappa shape index (κ3) is 3.97. The summed E-state index contributed by atoms with van der Waals surface area (Å²) in [7, 11) is -4.82. The third-order valence-electron chi connectivity index (χ3n) is 2.04. The molecule has 1 atom stereocenters. The molecule has 0 aliphatic heterocycles. The predicted molar refractivity (Wildman–Crippen MR) is 61.3 cm³/mol. The average molecular weight is 280 g/mol. The molecule has 0 fully saturated rings. The molecular formula is C9H12O6S2. The SMILES string of the molecule is CCS(=O)(=O)CCS(=O)c1ccc(C(=O)O)o1. The van der Waals surface area contributed by atoms with Gasteiger partial charge >= 0.3 is 5.97 Å². The molecule has 8 heteroatoms. The molecule has 0 bridgehead atoms. The summed E-state index contributed by atoms with van der Waals surface area (Å²) in [6.45, 7) is 1.51. The van der Waals surface area contributed by atoms with E-state index in [-0.39, 0.29) is 28.1 Å². The standard InChI is InChI=1S/C9H12O6S2/c1-2-17(13,14)6-5-16(12)8-4-3-7(15-8)9(10)11/h3-4H,2,5-6H2,1H3,(H,10,11). The topological polar surface area (TPSA) is 102 Å². The van der Waals surface area contributed by atoms with Gasteiger partial charge in [0.2, 0.25) is 5.76 Å². The first-order valence-corrected chi connectivity index (χ1v) is 7.91. The van der Waals surface area contributed by atoms with E-state index >= 15 is 0 Å². The molecule has 1 unspecified atom stereocenters. The number of hydrogen-bond donors (Lipinski definition) is 1. The second kappa shape index (κ2) is 5.46. The summed E-state index contributed by atoms with van der Waals surface area (Å²) in [5, 5.41) is 8.57. The maximum Gasteiger partial charge on any atom is 0.371 e. The van der Waals surface area contributed by atoms with Gasteiger partial charge in [0.1, 0.15) is 0 Å². The van der Waals surface area contributed by atoms with Crippen LogP contribution in [0.2, 0.25) is 0 Å². The minimum atomic E-state index is -3.18. The van der Waals surface area contributed by atoms with Gasteiger partial charge in [0.25, 0.3) is 0 Å². The van der Waals surface area contributed by atoms with Crippen molar-refractivity contribution in [2.24, 2.45) is 0 Å². The van der Waals surface area contributed by atoms with Crippen molar-refractivity contribution < 1.29 is 26.9 Å². The highest BCUT2D eigenvalue weighted by Gasteiger charge is 2.16. The second-order valence-corrected chi connectivity index (χ2v) is 7.18. The third-order valence-corrected chi connectivity index (χ3v) is 5.24. The minimum Gasteiger partial charge on any atom is -0.475 e. The van der Waals surface area contributed by atoms with Crippen LogP contribution in [0.5, 0.6) is 0 Å². The largest absolute Gasteiger partial charge is 0.475 e. The molecule has 0 saturated carbocycles. The smallest absolute Gasteiger partial charge is 0.371 e. The van der Waals surface area contributed by atoms with E-state index in [0.29, 0.717) is 0 Å². The Labute approximate surface area is 101 Å². The van der Waals surface area contributed by atoms with E-state index in [1.54, 1.807) is 0 Å². The van der Waals surface area contributed by atoms with Crippen molar-refractivity contribution in [3.05, 3.63) is 17.9 Å². The van der Waals surface area contributed by atoms with Crippen molar-refractivity contribution in [3.63, 3.8) is 0 Å². The van der Waals surface area contributed by atoms with Crippen LogP contribution in [0.3, 0.4) is 0 Å². The van der Waals surface area contributed by atoms with E-state index in [0.717, 1.165) is 0 Å². The van der Waals surface area contributed by atoms with Gasteiger partial charge in [0.05, 0.1) is 16.6 Å². The van der Waals surface area contributed by atoms with Crippen LogP contribution in [0, 0.1) is 0 Å². The number of furan rings is 1. The van der Waals surface area contributed by atoms with Gasteiger partial charge in [-0.15, -0.1) is 0 Å². The molecule has 0 aromatic carbocycles. The summed E-state index contributed by atoms with van der Waals surface area (Å²) < 4.78 is 38.8. The second-order valence-electron chi connectivity index (χ2n) is 3.21. The summed E-state index contributed by atoms with van der Waals surface area (Å²) in [5.41, 5.74) is 0. The molecule has 1 N–H and O–H groups in total. The first-order valence-electron chi connectivity index (χ1n) is 4.77. The Morgan fingerprint density at radius 2 is 2.12 bits per heavy atom. The average Bonchev–Trinajstić information content (AvgIpc) is 2.75. The van der Waals surface area contributed by atoms with Crippen LogP contribution >= 0.6 is 0 Å². The van der Waals surface area contributed by atoms with Gasteiger partial charge in [0, 0.05) is 11.5 Å². The first kappa shape index (κ1) is 13.9. The number of carbonyl (C=O) groups is 1. The van der Waals surface area contributed by atoms with Crippen molar-refractivity contribution in [1.29, 1.82) is 0 Å². The molecule has 0 saturated heterocycles. The van der Waals surface area contributed by atoms with Crippen molar-refractivity contribution in [1.82, 2.24) is 0 Å². The van der Waals surface area contributed by atoms with Gasteiger partial charge in [-0.25, -0.2) is 13.2 Å². The summed E-state index contributed by atoms with van der Waals surface area (Å²) in [4.78, 5) is 10.5. The molecule has 1 heterocycles. The number of carboxylic acid groups (broad SMARTS) is 1. The Kier molecular flexibility index (Phi) is 4.47. The predicted octanol–water partition coefficient (Wildman–Crippen LogP) is 0.520. The lowest BCUT2D eigenvalue weighted by Crippen LogP contribution is -2.14. The van der Waals surface area contributed by atoms with E-state index < -0.39 is 26.6 Å². The van der Waals surface area contributed by atoms with E-state index in [2.05, 4.69) is 0 Å². The fraction of sp³-hybridized carbons (Fsp3) is 0.444. The van der Waals surface area contributed by atoms with Crippen LogP contribution in [0.25, 0.3) is 0 Å². The molecule has 0 radical (unpaired) electrons. The number of sulfone groups is 1. The van der Waals surface area contributed by atoms with Crippen LogP contribution in [0.15, 0.2) is 21.6 Å². The highest BCUT2D eigenvalue weighted by atomic mass is 32.2. The Morgan fingerprint density at radius 1 is 1.47 bits per heavy atom. The number of hydrogen-bond acceptors (Lipinski definition) is 5. The Morgan fingerprint density at radius 3 is 2.59 bits per heavy atom. The maximum atomic E-state index is 11.6. The molecule has 0 spiro atoms. The molecule has 1 rings (SSSR count). The molecule has 0 aliphatic carbocycles. The molecular weight excluding hydrogens is 268 g/mol. The normalized spacial score (nSPS) is 13.5. The van der Waals surface area contributed by atoms with Crippen LogP contribution in [0.1, 0.15) is 17.5 Å². The lowest BCUT2D eigenvalue weighted by molar-refractivity contribution is 0.0656. The summed E-state index contributed by atoms with van der Waals surface area (Å²) in [6.07, 6.45) is 0. The fourth-order valence-electron chi connectivity index (χ4n) is 1.01. The first-order chi connectivity index (χ1) is 7.85. The Balaban J connectivity index is 2.68. The van der Waals surface area contributed by atoms with Gasteiger partial charge in [-0.1, -0.05) is 6.92 Å². The molecule has 1 aromatic rings. The molecule has 1 aromatic heterocycles. The summed E-state index contributed by atoms with van der Waals surface area (Å²) in [6, 6.07) is 2.46. The molecule has 96 valence electrons. The van der Waals surface area contributed by atoms with Gasteiger partial charge in [0.15, 0.2) is 14.9 Å². The minimum absolute atomic E-state index is 0.0112. The van der Waals surface area contributed by atoms with Crippen molar-refractivity contribution >= 4 is 26.6 Å². The summed E-state index contributed by atoms with van der Waals surface area (Å²) >= 11 is 0. The molecule has 0 aliphatic rings. The van der Waals surface area contributed by atoms with E-state index in [1.807, 2.05) is 0 Å². The molecule has 17 heavy (non-hydrogen) atoms. The monoisotopic (exact) mass is 280 g/mol. The number of rotatable bonds is 6. The van der Waals surface area contributed by atoms with Crippen LogP contribution < -0.4 is 0 Å². The quantitative estimate of drug-likeness (QED) is 0.815. The van der Waals surface area contributed by atoms with E-state index in [1.165, 1.54) is 19.1 Å². The molecule has 0 amide bonds. The zero-order valence-electron chi connectivity index (χ0n) is 9.08. The zero-order valence-corrected chi connectivity index (χ0v) is 10.7. The van der Waals surface area contributed by atoms with Gasteiger partial charge in [-0.2, -0.15) is 0 Å². The van der Waals surface area contributed by atoms with Crippen LogP contribution in [0.4, 0.5) is 0 Å². The van der Waals surface area contributed by atoms with Gasteiger partial charge in [-0.3, -0.25) is 4.21 Å². The highest BCUT2D eigenvalue weighted by molar-refractivity contribution is 7.93. The lowest BCUT2D eigenvalue weighted by atomic mass is 10.5. The Bertz CT molecular complexity index is 527. The van der Waals surface area contributed by atoms with E-state index in [4.69, 9.17) is 9.52 Å². The van der Waals surface area contributed by atoms with Crippen LogP contribution in [-0.4, -0.2) is 41.0 Å². The van der Waals surface area contributed by atoms with Crippen molar-refractivity contribution in [3.8, 4) is 0 Å². The highest BCUT2D eigenvalue weighted by Crippen LogP contribution is 2.12. The maximum absolute atomic E-state index is 11.6. The van der Waals surface area contributed by atoms with Gasteiger partial charge < -0.3 is 9.52 Å². The summed E-state index contributed by atoms with van der Waals surface area (Å²) in [5.74, 6) is -1.88. The molecule has 6 nitrogen and oxygen atoms in total. The van der Waals surface area contributed by atoms with Crippen molar-refractivity contribution in [2.45, 2.75) is 12.0 Å². The van der Waals surface area contributed by atoms with Crippen molar-refractivity contribution in [2.75, 3.05) is 17.3 Å². The number of aromatic carboxylic acids is 1. The van der Waals surface area contributed by atoms with Gasteiger partial charge in [-0.05, 0) is 12.1 Å². The zero-order chi connectivity index (χ0) is 13.1.